The van der Waals surface area contributed by atoms with Gasteiger partial charge in [0.25, 0.3) is 0 Å². The van der Waals surface area contributed by atoms with E-state index in [1.165, 1.54) is 64.5 Å². The molecule has 2 aliphatic carbocycles. The molecule has 0 spiro atoms. The van der Waals surface area contributed by atoms with E-state index in [2.05, 4.69) is 10.2 Å². The van der Waals surface area contributed by atoms with Crippen LogP contribution in [0.15, 0.2) is 0 Å². The van der Waals surface area contributed by atoms with Crippen molar-refractivity contribution in [3.63, 3.8) is 0 Å². The first-order chi connectivity index (χ1) is 9.83. The number of nitrogens with one attached hydrogen (secondary N) is 1. The van der Waals surface area contributed by atoms with Gasteiger partial charge in [0.05, 0.1) is 0 Å². The molecule has 0 aromatic carbocycles. The predicted molar refractivity (Wildman–Crippen MR) is 81.5 cm³/mol. The second kappa shape index (κ2) is 6.93. The third-order valence-corrected chi connectivity index (χ3v) is 5.72. The number of rotatable bonds is 5. The Morgan fingerprint density at radius 1 is 1.05 bits per heavy atom. The maximum absolute atomic E-state index is 12.2. The molecule has 1 amide bonds. The molecule has 3 heteroatoms. The molecule has 0 aromatic heterocycles. The number of carbonyl (C=O) groups excluding carboxylic acids is 1. The summed E-state index contributed by atoms with van der Waals surface area (Å²) in [6.07, 6.45) is 11.8. The van der Waals surface area contributed by atoms with E-state index in [-0.39, 0.29) is 0 Å². The molecular formula is C17H30N2O. The van der Waals surface area contributed by atoms with Gasteiger partial charge in [-0.05, 0) is 70.0 Å². The zero-order valence-electron chi connectivity index (χ0n) is 12.8. The number of nitrogens with zero attached hydrogens (tertiary/aromatic N) is 1. The minimum Gasteiger partial charge on any atom is -0.356 e. The molecule has 2 bridgehead atoms. The Balaban J connectivity index is 1.30. The molecule has 3 rings (SSSR count). The van der Waals surface area contributed by atoms with Gasteiger partial charge in [0.2, 0.25) is 5.91 Å². The Bertz CT molecular complexity index is 323. The van der Waals surface area contributed by atoms with E-state index in [4.69, 9.17) is 0 Å². The first kappa shape index (κ1) is 14.4. The summed E-state index contributed by atoms with van der Waals surface area (Å²) in [6.45, 7) is 4.57. The van der Waals surface area contributed by atoms with Crippen LogP contribution in [-0.2, 0) is 4.79 Å². The summed E-state index contributed by atoms with van der Waals surface area (Å²) in [5, 5.41) is 3.20. The molecule has 3 fully saturated rings. The van der Waals surface area contributed by atoms with Crippen LogP contribution < -0.4 is 5.32 Å². The van der Waals surface area contributed by atoms with Crippen molar-refractivity contribution >= 4 is 5.91 Å². The smallest absolute Gasteiger partial charge is 0.223 e. The summed E-state index contributed by atoms with van der Waals surface area (Å²) in [7, 11) is 0. The third-order valence-electron chi connectivity index (χ3n) is 5.72. The van der Waals surface area contributed by atoms with Crippen LogP contribution in [0.2, 0.25) is 0 Å². The molecule has 1 aliphatic heterocycles. The maximum Gasteiger partial charge on any atom is 0.223 e. The fraction of sp³-hybridized carbons (Fsp3) is 0.941. The Morgan fingerprint density at radius 3 is 2.50 bits per heavy atom. The minimum absolute atomic E-state index is 0.354. The number of carbonyl (C=O) groups is 1. The second-order valence-electron chi connectivity index (χ2n) is 7.18. The van der Waals surface area contributed by atoms with Gasteiger partial charge in [0.15, 0.2) is 0 Å². The van der Waals surface area contributed by atoms with Crippen LogP contribution >= 0.6 is 0 Å². The molecule has 3 aliphatic rings. The van der Waals surface area contributed by atoms with Crippen LogP contribution in [0, 0.1) is 17.8 Å². The van der Waals surface area contributed by atoms with Gasteiger partial charge in [0.1, 0.15) is 0 Å². The highest BCUT2D eigenvalue weighted by atomic mass is 16.1. The van der Waals surface area contributed by atoms with Crippen molar-refractivity contribution in [1.29, 1.82) is 0 Å². The van der Waals surface area contributed by atoms with Crippen molar-refractivity contribution in [1.82, 2.24) is 10.2 Å². The quantitative estimate of drug-likeness (QED) is 0.784. The number of likely N-dealkylation sites (tertiary alicyclic amines) is 1. The lowest BCUT2D eigenvalue weighted by atomic mass is 9.88. The van der Waals surface area contributed by atoms with Gasteiger partial charge in [-0.25, -0.2) is 0 Å². The van der Waals surface area contributed by atoms with Crippen molar-refractivity contribution in [3.05, 3.63) is 0 Å². The summed E-state index contributed by atoms with van der Waals surface area (Å²) in [5.41, 5.74) is 0. The van der Waals surface area contributed by atoms with Crippen molar-refractivity contribution in [2.45, 2.75) is 57.8 Å². The first-order valence-corrected chi connectivity index (χ1v) is 8.83. The molecule has 3 unspecified atom stereocenters. The fourth-order valence-electron chi connectivity index (χ4n) is 4.57. The normalized spacial score (nSPS) is 34.1. The summed E-state index contributed by atoms with van der Waals surface area (Å²) < 4.78 is 0. The fourth-order valence-corrected chi connectivity index (χ4v) is 4.57. The standard InChI is InChI=1S/C17H30N2O/c20-17(16-13-14-6-7-15(16)12-14)18-8-5-11-19-9-3-1-2-4-10-19/h14-16H,1-13H2,(H,18,20). The Labute approximate surface area is 123 Å². The van der Waals surface area contributed by atoms with Crippen molar-refractivity contribution < 1.29 is 4.79 Å². The van der Waals surface area contributed by atoms with Gasteiger partial charge in [-0.2, -0.15) is 0 Å². The van der Waals surface area contributed by atoms with E-state index in [1.54, 1.807) is 0 Å². The van der Waals surface area contributed by atoms with Gasteiger partial charge in [-0.15, -0.1) is 0 Å². The van der Waals surface area contributed by atoms with E-state index in [1.807, 2.05) is 0 Å². The highest BCUT2D eigenvalue weighted by molar-refractivity contribution is 5.79. The highest BCUT2D eigenvalue weighted by Gasteiger charge is 2.42. The molecule has 1 N–H and O–H groups in total. The van der Waals surface area contributed by atoms with Crippen LogP contribution in [0.3, 0.4) is 0 Å². The largest absolute Gasteiger partial charge is 0.356 e. The zero-order chi connectivity index (χ0) is 13.8. The molecule has 3 atom stereocenters. The molecule has 0 aromatic rings. The molecule has 1 saturated heterocycles. The number of fused-ring (bicyclic) bond motifs is 2. The second-order valence-corrected chi connectivity index (χ2v) is 7.18. The average Bonchev–Trinajstić information content (AvgIpc) is 3.00. The van der Waals surface area contributed by atoms with Crippen molar-refractivity contribution in [2.75, 3.05) is 26.2 Å². The lowest BCUT2D eigenvalue weighted by Gasteiger charge is -2.22. The van der Waals surface area contributed by atoms with E-state index >= 15 is 0 Å². The third kappa shape index (κ3) is 3.55. The van der Waals surface area contributed by atoms with Gasteiger partial charge >= 0.3 is 0 Å². The zero-order valence-corrected chi connectivity index (χ0v) is 12.8. The minimum atomic E-state index is 0.354. The van der Waals surface area contributed by atoms with E-state index in [0.717, 1.165) is 25.4 Å². The van der Waals surface area contributed by atoms with Gasteiger partial charge in [0, 0.05) is 12.5 Å². The molecule has 1 heterocycles. The van der Waals surface area contributed by atoms with Crippen LogP contribution in [0.25, 0.3) is 0 Å². The maximum atomic E-state index is 12.2. The topological polar surface area (TPSA) is 32.3 Å². The molecule has 20 heavy (non-hydrogen) atoms. The molecule has 2 saturated carbocycles. The predicted octanol–water partition coefficient (Wildman–Crippen LogP) is 2.80. The van der Waals surface area contributed by atoms with E-state index in [0.29, 0.717) is 17.7 Å². The lowest BCUT2D eigenvalue weighted by molar-refractivity contribution is -0.126. The molecular weight excluding hydrogens is 248 g/mol. The van der Waals surface area contributed by atoms with Crippen molar-refractivity contribution in [3.8, 4) is 0 Å². The van der Waals surface area contributed by atoms with Gasteiger partial charge < -0.3 is 10.2 Å². The Hall–Kier alpha value is -0.570. The van der Waals surface area contributed by atoms with Crippen LogP contribution in [0.5, 0.6) is 0 Å². The van der Waals surface area contributed by atoms with Crippen LogP contribution in [0.1, 0.15) is 57.8 Å². The number of hydrogen-bond donors (Lipinski definition) is 1. The van der Waals surface area contributed by atoms with E-state index < -0.39 is 0 Å². The van der Waals surface area contributed by atoms with Crippen molar-refractivity contribution in [2.24, 2.45) is 17.8 Å². The van der Waals surface area contributed by atoms with Gasteiger partial charge in [-0.3, -0.25) is 4.79 Å². The van der Waals surface area contributed by atoms with Crippen LogP contribution in [0.4, 0.5) is 0 Å². The SMILES string of the molecule is O=C(NCCCN1CCCCCC1)C1CC2CCC1C2. The first-order valence-electron chi connectivity index (χ1n) is 8.83. The summed E-state index contributed by atoms with van der Waals surface area (Å²) >= 11 is 0. The van der Waals surface area contributed by atoms with E-state index in [9.17, 15) is 4.79 Å². The molecule has 3 nitrogen and oxygen atoms in total. The summed E-state index contributed by atoms with van der Waals surface area (Å²) in [5.74, 6) is 2.29. The number of hydrogen-bond acceptors (Lipinski definition) is 2. The molecule has 114 valence electrons. The average molecular weight is 278 g/mol. The lowest BCUT2D eigenvalue weighted by Crippen LogP contribution is -2.35. The highest BCUT2D eigenvalue weighted by Crippen LogP contribution is 2.48. The summed E-state index contributed by atoms with van der Waals surface area (Å²) in [6, 6.07) is 0. The Kier molecular flexibility index (Phi) is 4.98. The van der Waals surface area contributed by atoms with Crippen LogP contribution in [-0.4, -0.2) is 37.0 Å². The molecule has 0 radical (unpaired) electrons. The van der Waals surface area contributed by atoms with Gasteiger partial charge in [-0.1, -0.05) is 19.3 Å². The Morgan fingerprint density at radius 2 is 1.85 bits per heavy atom. The monoisotopic (exact) mass is 278 g/mol. The summed E-state index contributed by atoms with van der Waals surface area (Å²) in [4.78, 5) is 14.8. The number of amides is 1.